The van der Waals surface area contributed by atoms with Crippen molar-refractivity contribution >= 4 is 0 Å². The van der Waals surface area contributed by atoms with E-state index in [1.54, 1.807) is 6.20 Å². The van der Waals surface area contributed by atoms with Crippen LogP contribution < -0.4 is 10.1 Å². The van der Waals surface area contributed by atoms with Crippen molar-refractivity contribution in [3.8, 4) is 5.88 Å². The summed E-state index contributed by atoms with van der Waals surface area (Å²) in [5, 5.41) is 3.18. The number of pyridine rings is 1. The van der Waals surface area contributed by atoms with Gasteiger partial charge in [-0.2, -0.15) is 0 Å². The van der Waals surface area contributed by atoms with Gasteiger partial charge in [-0.05, 0) is 32.0 Å². The molecule has 78 valence electrons. The molecule has 1 aromatic heterocycles. The van der Waals surface area contributed by atoms with Gasteiger partial charge in [-0.25, -0.2) is 4.98 Å². The van der Waals surface area contributed by atoms with E-state index in [9.17, 15) is 0 Å². The predicted molar refractivity (Wildman–Crippen MR) is 57.5 cm³/mol. The number of ether oxygens (including phenoxy) is 1. The molecule has 1 rings (SSSR count). The molecule has 0 spiro atoms. The van der Waals surface area contributed by atoms with Gasteiger partial charge >= 0.3 is 0 Å². The van der Waals surface area contributed by atoms with Gasteiger partial charge in [0.15, 0.2) is 0 Å². The summed E-state index contributed by atoms with van der Waals surface area (Å²) in [5.41, 5.74) is 1.20. The van der Waals surface area contributed by atoms with Crippen molar-refractivity contribution in [2.45, 2.75) is 26.3 Å². The van der Waals surface area contributed by atoms with Crippen molar-refractivity contribution < 1.29 is 4.74 Å². The Morgan fingerprint density at radius 1 is 1.57 bits per heavy atom. The van der Waals surface area contributed by atoms with Gasteiger partial charge in [-0.15, -0.1) is 0 Å². The maximum atomic E-state index is 5.45. The minimum Gasteiger partial charge on any atom is -0.478 e. The van der Waals surface area contributed by atoms with E-state index < -0.39 is 0 Å². The van der Waals surface area contributed by atoms with E-state index in [0.717, 1.165) is 13.0 Å². The Morgan fingerprint density at radius 2 is 2.36 bits per heavy atom. The Kier molecular flexibility index (Phi) is 4.40. The van der Waals surface area contributed by atoms with Crippen molar-refractivity contribution in [2.24, 2.45) is 0 Å². The molecule has 1 N–H and O–H groups in total. The van der Waals surface area contributed by atoms with Crippen LogP contribution in [0.1, 0.15) is 31.9 Å². The largest absolute Gasteiger partial charge is 0.478 e. The molecule has 0 aliphatic heterocycles. The van der Waals surface area contributed by atoms with E-state index in [1.807, 2.05) is 19.2 Å². The number of hydrogen-bond acceptors (Lipinski definition) is 3. The van der Waals surface area contributed by atoms with Gasteiger partial charge in [0.05, 0.1) is 6.61 Å². The van der Waals surface area contributed by atoms with Crippen LogP contribution in [0, 0.1) is 0 Å². The summed E-state index contributed by atoms with van der Waals surface area (Å²) in [6.07, 6.45) is 2.79. The highest BCUT2D eigenvalue weighted by molar-refractivity contribution is 5.23. The zero-order valence-corrected chi connectivity index (χ0v) is 9.08. The second kappa shape index (κ2) is 5.60. The lowest BCUT2D eigenvalue weighted by atomic mass is 10.1. The summed E-state index contributed by atoms with van der Waals surface area (Å²) in [6, 6.07) is 4.32. The second-order valence-electron chi connectivity index (χ2n) is 3.29. The fourth-order valence-electron chi connectivity index (χ4n) is 1.15. The molecule has 0 aliphatic carbocycles. The van der Waals surface area contributed by atoms with Crippen LogP contribution in [0.25, 0.3) is 0 Å². The van der Waals surface area contributed by atoms with Gasteiger partial charge < -0.3 is 10.1 Å². The Bertz CT molecular complexity index is 276. The van der Waals surface area contributed by atoms with E-state index in [0.29, 0.717) is 11.9 Å². The fourth-order valence-corrected chi connectivity index (χ4v) is 1.15. The first-order chi connectivity index (χ1) is 6.77. The molecule has 3 heteroatoms. The number of aromatic nitrogens is 1. The molecule has 1 unspecified atom stereocenters. The maximum Gasteiger partial charge on any atom is 0.213 e. The van der Waals surface area contributed by atoms with Crippen LogP contribution in [0.15, 0.2) is 18.3 Å². The zero-order valence-electron chi connectivity index (χ0n) is 9.08. The van der Waals surface area contributed by atoms with Crippen LogP contribution in [0.3, 0.4) is 0 Å². The minimum atomic E-state index is 0.335. The molecule has 1 atom stereocenters. The van der Waals surface area contributed by atoms with Crippen molar-refractivity contribution in [3.05, 3.63) is 23.9 Å². The van der Waals surface area contributed by atoms with Gasteiger partial charge in [-0.1, -0.05) is 6.92 Å². The quantitative estimate of drug-likeness (QED) is 0.780. The summed E-state index contributed by atoms with van der Waals surface area (Å²) in [5.74, 6) is 0.714. The molecule has 1 heterocycles. The molecule has 14 heavy (non-hydrogen) atoms. The van der Waals surface area contributed by atoms with E-state index in [-0.39, 0.29) is 0 Å². The van der Waals surface area contributed by atoms with Crippen molar-refractivity contribution in [1.82, 2.24) is 10.3 Å². The molecular weight excluding hydrogens is 176 g/mol. The molecule has 3 nitrogen and oxygen atoms in total. The SMILES string of the molecule is CCCOc1cc(C(C)NC)ccn1. The van der Waals surface area contributed by atoms with Crippen LogP contribution in [-0.2, 0) is 0 Å². The van der Waals surface area contributed by atoms with Gasteiger partial charge in [0.1, 0.15) is 0 Å². The van der Waals surface area contributed by atoms with Crippen molar-refractivity contribution in [3.63, 3.8) is 0 Å². The van der Waals surface area contributed by atoms with Crippen molar-refractivity contribution in [1.29, 1.82) is 0 Å². The lowest BCUT2D eigenvalue weighted by Crippen LogP contribution is -2.12. The predicted octanol–water partition coefficient (Wildman–Crippen LogP) is 2.15. The molecule has 0 saturated carbocycles. The topological polar surface area (TPSA) is 34.1 Å². The van der Waals surface area contributed by atoms with Crippen LogP contribution in [0.5, 0.6) is 5.88 Å². The molecule has 1 aromatic rings. The molecule has 0 bridgehead atoms. The Labute approximate surface area is 85.5 Å². The standard InChI is InChI=1S/C11H18N2O/c1-4-7-14-11-8-10(5-6-13-11)9(2)12-3/h5-6,8-9,12H,4,7H2,1-3H3. The average molecular weight is 194 g/mol. The smallest absolute Gasteiger partial charge is 0.213 e. The van der Waals surface area contributed by atoms with Crippen LogP contribution >= 0.6 is 0 Å². The Hall–Kier alpha value is -1.09. The van der Waals surface area contributed by atoms with E-state index in [1.165, 1.54) is 5.56 Å². The van der Waals surface area contributed by atoms with Gasteiger partial charge in [0, 0.05) is 18.3 Å². The van der Waals surface area contributed by atoms with Crippen LogP contribution in [0.2, 0.25) is 0 Å². The first-order valence-corrected chi connectivity index (χ1v) is 5.04. The fraction of sp³-hybridized carbons (Fsp3) is 0.545. The summed E-state index contributed by atoms with van der Waals surface area (Å²) in [4.78, 5) is 4.14. The Morgan fingerprint density at radius 3 is 3.00 bits per heavy atom. The first-order valence-electron chi connectivity index (χ1n) is 5.04. The Balaban J connectivity index is 2.68. The molecule has 0 amide bonds. The molecule has 0 saturated heterocycles. The lowest BCUT2D eigenvalue weighted by molar-refractivity contribution is 0.304. The van der Waals surface area contributed by atoms with Crippen molar-refractivity contribution in [2.75, 3.05) is 13.7 Å². The van der Waals surface area contributed by atoms with E-state index in [4.69, 9.17) is 4.74 Å². The van der Waals surface area contributed by atoms with E-state index >= 15 is 0 Å². The molecule has 0 fully saturated rings. The number of hydrogen-bond donors (Lipinski definition) is 1. The third-order valence-electron chi connectivity index (χ3n) is 2.15. The summed E-state index contributed by atoms with van der Waals surface area (Å²) in [7, 11) is 1.94. The van der Waals surface area contributed by atoms with Gasteiger partial charge in [0.25, 0.3) is 0 Å². The van der Waals surface area contributed by atoms with Crippen LogP contribution in [-0.4, -0.2) is 18.6 Å². The van der Waals surface area contributed by atoms with Gasteiger partial charge in [0.2, 0.25) is 5.88 Å². The van der Waals surface area contributed by atoms with Gasteiger partial charge in [-0.3, -0.25) is 0 Å². The highest BCUT2D eigenvalue weighted by Crippen LogP contribution is 2.15. The third-order valence-corrected chi connectivity index (χ3v) is 2.15. The highest BCUT2D eigenvalue weighted by atomic mass is 16.5. The van der Waals surface area contributed by atoms with Crippen LogP contribution in [0.4, 0.5) is 0 Å². The summed E-state index contributed by atoms with van der Waals surface area (Å²) < 4.78 is 5.45. The monoisotopic (exact) mass is 194 g/mol. The molecular formula is C11H18N2O. The summed E-state index contributed by atoms with van der Waals surface area (Å²) >= 11 is 0. The minimum absolute atomic E-state index is 0.335. The lowest BCUT2D eigenvalue weighted by Gasteiger charge is -2.11. The molecule has 0 aromatic carbocycles. The van der Waals surface area contributed by atoms with E-state index in [2.05, 4.69) is 24.1 Å². The highest BCUT2D eigenvalue weighted by Gasteiger charge is 2.03. The number of rotatable bonds is 5. The first kappa shape index (κ1) is 11.0. The number of nitrogens with zero attached hydrogens (tertiary/aromatic N) is 1. The third kappa shape index (κ3) is 3.00. The maximum absolute atomic E-state index is 5.45. The summed E-state index contributed by atoms with van der Waals surface area (Å²) in [6.45, 7) is 4.92. The average Bonchev–Trinajstić information content (AvgIpc) is 2.25. The molecule has 0 radical (unpaired) electrons. The zero-order chi connectivity index (χ0) is 10.4. The molecule has 0 aliphatic rings. The second-order valence-corrected chi connectivity index (χ2v) is 3.29. The normalized spacial score (nSPS) is 12.5. The number of nitrogens with one attached hydrogen (secondary N) is 1.